The second-order valence-corrected chi connectivity index (χ2v) is 3.63. The molecule has 0 unspecified atom stereocenters. The molecule has 2 nitrogen and oxygen atoms in total. The molecule has 1 aliphatic rings. The van der Waals surface area contributed by atoms with Crippen molar-refractivity contribution < 1.29 is 0 Å². The maximum Gasteiger partial charge on any atom is 0.128 e. The predicted octanol–water partition coefficient (Wildman–Crippen LogP) is 0.900. The van der Waals surface area contributed by atoms with Gasteiger partial charge < -0.3 is 11.5 Å². The van der Waals surface area contributed by atoms with Gasteiger partial charge in [0.25, 0.3) is 0 Å². The summed E-state index contributed by atoms with van der Waals surface area (Å²) in [7, 11) is 0. The van der Waals surface area contributed by atoms with Crippen LogP contribution in [0.5, 0.6) is 0 Å². The van der Waals surface area contributed by atoms with Crippen LogP contribution < -0.4 is 11.5 Å². The molecule has 0 amide bonds. The molecule has 4 heteroatoms. The molecule has 0 bridgehead atoms. The summed E-state index contributed by atoms with van der Waals surface area (Å²) in [6.07, 6.45) is 6.23. The van der Waals surface area contributed by atoms with Crippen LogP contribution in [-0.2, 0) is 0 Å². The fourth-order valence-electron chi connectivity index (χ4n) is 0.622. The van der Waals surface area contributed by atoms with E-state index in [0.29, 0.717) is 0 Å². The Morgan fingerprint density at radius 3 is 1.20 bits per heavy atom. The monoisotopic (exact) mass is 178 g/mol. The van der Waals surface area contributed by atoms with E-state index in [0.717, 1.165) is 0 Å². The van der Waals surface area contributed by atoms with Gasteiger partial charge in [-0.05, 0) is 24.3 Å². The quantitative estimate of drug-likeness (QED) is 0.329. The molecule has 0 saturated carbocycles. The molecule has 0 heterocycles. The minimum absolute atomic E-state index is 0.919. The Kier molecular flexibility index (Phi) is 1.81. The zero-order valence-corrected chi connectivity index (χ0v) is 6.73. The molecule has 1 aliphatic carbocycles. The number of hydrogen-bond acceptors (Lipinski definition) is 2. The van der Waals surface area contributed by atoms with Crippen molar-refractivity contribution in [3.05, 3.63) is 24.3 Å². The Morgan fingerprint density at radius 2 is 1.00 bits per heavy atom. The van der Waals surface area contributed by atoms with Gasteiger partial charge in [0, 0.05) is 0 Å². The lowest BCUT2D eigenvalue weighted by atomic mass is 10.1. The first kappa shape index (κ1) is 8.08. The number of nitrogens with two attached hydrogens (primary N) is 2. The third kappa shape index (κ3) is 1.99. The van der Waals surface area contributed by atoms with Crippen molar-refractivity contribution in [1.82, 2.24) is 0 Å². The van der Waals surface area contributed by atoms with Crippen molar-refractivity contribution in [2.75, 3.05) is 0 Å². The molecule has 0 atom stereocenters. The van der Waals surface area contributed by atoms with Crippen LogP contribution in [0.25, 0.3) is 0 Å². The smallest absolute Gasteiger partial charge is 0.128 e. The van der Waals surface area contributed by atoms with Gasteiger partial charge in [-0.3, -0.25) is 0 Å². The molecule has 10 heavy (non-hydrogen) atoms. The lowest BCUT2D eigenvalue weighted by molar-refractivity contribution is 0.827. The van der Waals surface area contributed by atoms with E-state index in [1.807, 2.05) is 0 Å². The van der Waals surface area contributed by atoms with E-state index in [2.05, 4.69) is 0 Å². The Labute approximate surface area is 69.5 Å². The second kappa shape index (κ2) is 2.24. The van der Waals surface area contributed by atoms with Crippen LogP contribution >= 0.6 is 23.2 Å². The van der Waals surface area contributed by atoms with E-state index in [1.165, 1.54) is 0 Å². The minimum Gasteiger partial charge on any atom is -0.306 e. The fourth-order valence-corrected chi connectivity index (χ4v) is 0.874. The molecular weight excluding hydrogens is 171 g/mol. The maximum atomic E-state index is 5.69. The van der Waals surface area contributed by atoms with Crippen molar-refractivity contribution in [2.45, 2.75) is 10.00 Å². The van der Waals surface area contributed by atoms with Crippen LogP contribution in [0.15, 0.2) is 24.3 Å². The summed E-state index contributed by atoms with van der Waals surface area (Å²) in [6, 6.07) is 0. The van der Waals surface area contributed by atoms with Gasteiger partial charge >= 0.3 is 0 Å². The number of alkyl halides is 2. The topological polar surface area (TPSA) is 52.0 Å². The van der Waals surface area contributed by atoms with Gasteiger partial charge in [0.05, 0.1) is 0 Å². The van der Waals surface area contributed by atoms with Crippen LogP contribution in [0.3, 0.4) is 0 Å². The van der Waals surface area contributed by atoms with Crippen molar-refractivity contribution >= 4 is 23.2 Å². The van der Waals surface area contributed by atoms with Crippen LogP contribution in [0.1, 0.15) is 0 Å². The first-order chi connectivity index (χ1) is 4.41. The summed E-state index contributed by atoms with van der Waals surface area (Å²) in [6.45, 7) is 0. The summed E-state index contributed by atoms with van der Waals surface area (Å²) in [5, 5.41) is 0. The zero-order valence-electron chi connectivity index (χ0n) is 5.22. The number of halogens is 2. The third-order valence-corrected chi connectivity index (χ3v) is 1.69. The van der Waals surface area contributed by atoms with Gasteiger partial charge in [-0.2, -0.15) is 0 Å². The summed E-state index contributed by atoms with van der Waals surface area (Å²) in [5.41, 5.74) is 11.0. The molecule has 0 aromatic carbocycles. The first-order valence-corrected chi connectivity index (χ1v) is 3.53. The van der Waals surface area contributed by atoms with E-state index in [-0.39, 0.29) is 0 Å². The average molecular weight is 179 g/mol. The van der Waals surface area contributed by atoms with Crippen molar-refractivity contribution in [1.29, 1.82) is 0 Å². The Balaban J connectivity index is 2.81. The molecule has 4 N–H and O–H groups in total. The van der Waals surface area contributed by atoms with Gasteiger partial charge in [0.15, 0.2) is 0 Å². The minimum atomic E-state index is -0.919. The normalized spacial score (nSPS) is 46.0. The highest BCUT2D eigenvalue weighted by Crippen LogP contribution is 2.23. The summed E-state index contributed by atoms with van der Waals surface area (Å²) >= 11 is 11.4. The summed E-state index contributed by atoms with van der Waals surface area (Å²) in [5.74, 6) is 0. The van der Waals surface area contributed by atoms with E-state index in [9.17, 15) is 0 Å². The molecule has 0 aromatic heterocycles. The molecule has 0 spiro atoms. The molecule has 56 valence electrons. The molecule has 0 radical (unpaired) electrons. The maximum absolute atomic E-state index is 5.69. The molecule has 0 aromatic rings. The van der Waals surface area contributed by atoms with Crippen LogP contribution in [0, 0.1) is 0 Å². The van der Waals surface area contributed by atoms with Gasteiger partial charge in [-0.25, -0.2) is 0 Å². The molecule has 0 saturated heterocycles. The molecule has 0 aliphatic heterocycles. The Bertz CT molecular complexity index is 156. The molecule has 1 rings (SSSR count). The highest BCUT2D eigenvalue weighted by Gasteiger charge is 2.23. The molecular formula is C6H8Cl2N2. The average Bonchev–Trinajstić information content (AvgIpc) is 1.79. The number of hydrogen-bond donors (Lipinski definition) is 2. The molecule has 0 fully saturated rings. The summed E-state index contributed by atoms with van der Waals surface area (Å²) in [4.78, 5) is -1.84. The number of rotatable bonds is 0. The lowest BCUT2D eigenvalue weighted by Gasteiger charge is -2.22. The van der Waals surface area contributed by atoms with E-state index in [4.69, 9.17) is 34.7 Å². The highest BCUT2D eigenvalue weighted by molar-refractivity contribution is 6.29. The highest BCUT2D eigenvalue weighted by atomic mass is 35.5. The van der Waals surface area contributed by atoms with Gasteiger partial charge in [0.2, 0.25) is 0 Å². The Morgan fingerprint density at radius 1 is 0.800 bits per heavy atom. The fraction of sp³-hybridized carbons (Fsp3) is 0.333. The standard InChI is InChI=1S/C6H8Cl2N2/c7-5(9)1-2-6(8,10)4-3-5/h1-4H,9-10H2. The lowest BCUT2D eigenvalue weighted by Crippen LogP contribution is -2.37. The second-order valence-electron chi connectivity index (χ2n) is 2.32. The van der Waals surface area contributed by atoms with Crippen molar-refractivity contribution in [2.24, 2.45) is 11.5 Å². The van der Waals surface area contributed by atoms with Crippen LogP contribution in [0.2, 0.25) is 0 Å². The zero-order chi connectivity index (χ0) is 7.83. The van der Waals surface area contributed by atoms with Gasteiger partial charge in [0.1, 0.15) is 10.00 Å². The van der Waals surface area contributed by atoms with Gasteiger partial charge in [-0.15, -0.1) is 0 Å². The van der Waals surface area contributed by atoms with Gasteiger partial charge in [-0.1, -0.05) is 23.2 Å². The summed E-state index contributed by atoms with van der Waals surface area (Å²) < 4.78 is 0. The first-order valence-electron chi connectivity index (χ1n) is 2.78. The SMILES string of the molecule is NC1(Cl)C=CC(N)(Cl)C=C1. The van der Waals surface area contributed by atoms with E-state index < -0.39 is 10.00 Å². The van der Waals surface area contributed by atoms with Crippen molar-refractivity contribution in [3.63, 3.8) is 0 Å². The van der Waals surface area contributed by atoms with Crippen LogP contribution in [0.4, 0.5) is 0 Å². The van der Waals surface area contributed by atoms with E-state index in [1.54, 1.807) is 24.3 Å². The van der Waals surface area contributed by atoms with Crippen LogP contribution in [-0.4, -0.2) is 10.00 Å². The third-order valence-electron chi connectivity index (χ3n) is 1.19. The Hall–Kier alpha value is -0.0200. The largest absolute Gasteiger partial charge is 0.306 e. The van der Waals surface area contributed by atoms with E-state index >= 15 is 0 Å². The predicted molar refractivity (Wildman–Crippen MR) is 43.8 cm³/mol. The van der Waals surface area contributed by atoms with Crippen molar-refractivity contribution in [3.8, 4) is 0 Å².